The van der Waals surface area contributed by atoms with Gasteiger partial charge in [0, 0.05) is 20.1 Å². The fourth-order valence-corrected chi connectivity index (χ4v) is 1.34. The number of hydrogen-bond donors (Lipinski definition) is 2. The van der Waals surface area contributed by atoms with Crippen molar-refractivity contribution in [1.29, 1.82) is 0 Å². The summed E-state index contributed by atoms with van der Waals surface area (Å²) in [5.41, 5.74) is 0. The molecular weight excluding hydrogens is 346 g/mol. The van der Waals surface area contributed by atoms with E-state index in [0.29, 0.717) is 5.96 Å². The summed E-state index contributed by atoms with van der Waals surface area (Å²) in [6.07, 6.45) is -1.32. The molecule has 1 aliphatic carbocycles. The third kappa shape index (κ3) is 9.49. The van der Waals surface area contributed by atoms with Gasteiger partial charge in [0.1, 0.15) is 0 Å². The summed E-state index contributed by atoms with van der Waals surface area (Å²) in [7, 11) is 1.56. The molecule has 0 atom stereocenters. The molecule has 17 heavy (non-hydrogen) atoms. The maximum atomic E-state index is 11.9. The molecule has 0 aromatic carbocycles. The number of nitrogens with zero attached hydrogens (tertiary/aromatic N) is 1. The first-order valence-corrected chi connectivity index (χ1v) is 5.52. The van der Waals surface area contributed by atoms with Crippen LogP contribution in [0.15, 0.2) is 4.99 Å². The average Bonchev–Trinajstić information content (AvgIpc) is 2.97. The van der Waals surface area contributed by atoms with Crippen LogP contribution in [0.3, 0.4) is 0 Å². The molecule has 1 aliphatic rings. The number of nitrogens with one attached hydrogen (secondary N) is 2. The fraction of sp³-hybridized carbons (Fsp3) is 0.900. The summed E-state index contributed by atoms with van der Waals surface area (Å²) in [5.74, 6) is 1.26. The van der Waals surface area contributed by atoms with Crippen LogP contribution in [-0.2, 0) is 0 Å². The molecule has 0 radical (unpaired) electrons. The Hall–Kier alpha value is -0.210. The number of hydrogen-bond acceptors (Lipinski definition) is 1. The van der Waals surface area contributed by atoms with Crippen molar-refractivity contribution in [3.8, 4) is 0 Å². The zero-order chi connectivity index (χ0) is 12.0. The van der Waals surface area contributed by atoms with Gasteiger partial charge in [-0.15, -0.1) is 24.0 Å². The van der Waals surface area contributed by atoms with Gasteiger partial charge >= 0.3 is 6.18 Å². The fourth-order valence-electron chi connectivity index (χ4n) is 1.34. The quantitative estimate of drug-likeness (QED) is 0.446. The van der Waals surface area contributed by atoms with E-state index < -0.39 is 12.6 Å². The Kier molecular flexibility index (Phi) is 7.89. The van der Waals surface area contributed by atoms with Gasteiger partial charge in [-0.2, -0.15) is 13.2 Å². The van der Waals surface area contributed by atoms with Crippen LogP contribution in [0.2, 0.25) is 0 Å². The van der Waals surface area contributed by atoms with Crippen LogP contribution in [-0.4, -0.2) is 32.3 Å². The molecule has 0 bridgehead atoms. The third-order valence-corrected chi connectivity index (χ3v) is 2.47. The average molecular weight is 365 g/mol. The van der Waals surface area contributed by atoms with Crippen LogP contribution in [0.4, 0.5) is 13.2 Å². The van der Waals surface area contributed by atoms with Crippen molar-refractivity contribution >= 4 is 29.9 Å². The lowest BCUT2D eigenvalue weighted by Crippen LogP contribution is -2.39. The Morgan fingerprint density at radius 2 is 1.82 bits per heavy atom. The molecule has 0 aromatic heterocycles. The Labute approximate surface area is 117 Å². The van der Waals surface area contributed by atoms with E-state index in [0.717, 1.165) is 18.9 Å². The van der Waals surface area contributed by atoms with Gasteiger partial charge in [-0.3, -0.25) is 4.99 Å². The lowest BCUT2D eigenvalue weighted by atomic mass is 10.3. The first kappa shape index (κ1) is 16.8. The highest BCUT2D eigenvalue weighted by molar-refractivity contribution is 14.0. The summed E-state index contributed by atoms with van der Waals surface area (Å²) in [4.78, 5) is 3.85. The van der Waals surface area contributed by atoms with Crippen molar-refractivity contribution in [2.24, 2.45) is 10.9 Å². The van der Waals surface area contributed by atoms with E-state index in [-0.39, 0.29) is 30.5 Å². The zero-order valence-electron chi connectivity index (χ0n) is 9.81. The Bertz CT molecular complexity index is 239. The molecule has 0 saturated heterocycles. The minimum absolute atomic E-state index is 0. The number of guanidine groups is 1. The topological polar surface area (TPSA) is 36.4 Å². The molecule has 0 spiro atoms. The summed E-state index contributed by atoms with van der Waals surface area (Å²) in [5, 5.41) is 5.64. The second-order valence-electron chi connectivity index (χ2n) is 4.02. The number of halogens is 4. The second-order valence-corrected chi connectivity index (χ2v) is 4.02. The lowest BCUT2D eigenvalue weighted by Gasteiger charge is -2.12. The molecule has 0 unspecified atom stereocenters. The van der Waals surface area contributed by atoms with E-state index in [1.54, 1.807) is 7.05 Å². The summed E-state index contributed by atoms with van der Waals surface area (Å²) in [6.45, 7) is 0.642. The highest BCUT2D eigenvalue weighted by Gasteiger charge is 2.26. The normalized spacial score (nSPS) is 16.4. The predicted molar refractivity (Wildman–Crippen MR) is 72.8 cm³/mol. The van der Waals surface area contributed by atoms with Gasteiger partial charge in [-0.1, -0.05) is 12.8 Å². The highest BCUT2D eigenvalue weighted by Crippen LogP contribution is 2.31. The molecule has 0 aromatic rings. The molecule has 0 heterocycles. The van der Waals surface area contributed by atoms with Crippen LogP contribution < -0.4 is 10.6 Å². The summed E-state index contributed by atoms with van der Waals surface area (Å²) >= 11 is 0. The molecule has 1 rings (SSSR count). The van der Waals surface area contributed by atoms with Gasteiger partial charge in [0.25, 0.3) is 0 Å². The molecule has 102 valence electrons. The van der Waals surface area contributed by atoms with Gasteiger partial charge < -0.3 is 10.6 Å². The van der Waals surface area contributed by atoms with Crippen molar-refractivity contribution < 1.29 is 13.2 Å². The van der Waals surface area contributed by atoms with Crippen LogP contribution in [0.1, 0.15) is 25.7 Å². The molecule has 0 aliphatic heterocycles. The lowest BCUT2D eigenvalue weighted by molar-refractivity contribution is -0.132. The Morgan fingerprint density at radius 3 is 2.29 bits per heavy atom. The Balaban J connectivity index is 0.00000256. The summed E-state index contributed by atoms with van der Waals surface area (Å²) < 4.78 is 35.6. The van der Waals surface area contributed by atoms with E-state index in [2.05, 4.69) is 15.6 Å². The van der Waals surface area contributed by atoms with Crippen LogP contribution in [0, 0.1) is 5.92 Å². The van der Waals surface area contributed by atoms with Crippen molar-refractivity contribution in [3.63, 3.8) is 0 Å². The van der Waals surface area contributed by atoms with Crippen molar-refractivity contribution in [1.82, 2.24) is 10.6 Å². The number of rotatable bonds is 5. The van der Waals surface area contributed by atoms with Crippen molar-refractivity contribution in [2.75, 3.05) is 20.1 Å². The first-order valence-electron chi connectivity index (χ1n) is 5.52. The molecule has 1 saturated carbocycles. The van der Waals surface area contributed by atoms with E-state index in [1.165, 1.54) is 12.8 Å². The third-order valence-electron chi connectivity index (χ3n) is 2.47. The minimum atomic E-state index is -4.11. The predicted octanol–water partition coefficient (Wildman–Crippen LogP) is 2.52. The molecule has 3 nitrogen and oxygen atoms in total. The van der Waals surface area contributed by atoms with E-state index >= 15 is 0 Å². The second kappa shape index (κ2) is 7.99. The Morgan fingerprint density at radius 1 is 1.24 bits per heavy atom. The van der Waals surface area contributed by atoms with Crippen molar-refractivity contribution in [2.45, 2.75) is 31.9 Å². The highest BCUT2D eigenvalue weighted by atomic mass is 127. The maximum absolute atomic E-state index is 11.9. The zero-order valence-corrected chi connectivity index (χ0v) is 12.1. The molecular formula is C10H19F3IN3. The van der Waals surface area contributed by atoms with E-state index in [9.17, 15) is 13.2 Å². The first-order chi connectivity index (χ1) is 7.51. The van der Waals surface area contributed by atoms with Crippen LogP contribution in [0.5, 0.6) is 0 Å². The summed E-state index contributed by atoms with van der Waals surface area (Å²) in [6, 6.07) is 0. The molecule has 7 heteroatoms. The maximum Gasteiger partial charge on any atom is 0.390 e. The molecule has 0 amide bonds. The largest absolute Gasteiger partial charge is 0.390 e. The van der Waals surface area contributed by atoms with Crippen LogP contribution >= 0.6 is 24.0 Å². The van der Waals surface area contributed by atoms with Gasteiger partial charge in [0.2, 0.25) is 0 Å². The number of alkyl halides is 3. The number of aliphatic imine (C=N–C) groups is 1. The van der Waals surface area contributed by atoms with Gasteiger partial charge in [0.05, 0.1) is 6.42 Å². The van der Waals surface area contributed by atoms with Crippen LogP contribution in [0.25, 0.3) is 0 Å². The van der Waals surface area contributed by atoms with E-state index in [1.807, 2.05) is 0 Å². The monoisotopic (exact) mass is 365 g/mol. The molecule has 1 fully saturated rings. The van der Waals surface area contributed by atoms with Crippen molar-refractivity contribution in [3.05, 3.63) is 0 Å². The smallest absolute Gasteiger partial charge is 0.356 e. The molecule has 2 N–H and O–H groups in total. The van der Waals surface area contributed by atoms with Gasteiger partial charge in [-0.05, 0) is 12.3 Å². The minimum Gasteiger partial charge on any atom is -0.356 e. The standard InChI is InChI=1S/C10H18F3N3.HI/c1-14-9(15-6-4-8-2-3-8)16-7-5-10(11,12)13;/h8H,2-7H2,1H3,(H2,14,15,16);1H. The van der Waals surface area contributed by atoms with E-state index in [4.69, 9.17) is 0 Å². The van der Waals surface area contributed by atoms with Gasteiger partial charge in [0.15, 0.2) is 5.96 Å². The SMILES string of the molecule is CN=C(NCCC1CC1)NCCC(F)(F)F.I. The van der Waals surface area contributed by atoms with Gasteiger partial charge in [-0.25, -0.2) is 0 Å².